The summed E-state index contributed by atoms with van der Waals surface area (Å²) in [6, 6.07) is 4.34. The predicted molar refractivity (Wildman–Crippen MR) is 77.8 cm³/mol. The van der Waals surface area contributed by atoms with E-state index in [1.165, 1.54) is 12.1 Å². The zero-order valence-corrected chi connectivity index (χ0v) is 12.2. The Kier molecular flexibility index (Phi) is 3.32. The molecule has 3 nitrogen and oxygen atoms in total. The van der Waals surface area contributed by atoms with Crippen molar-refractivity contribution in [3.05, 3.63) is 35.1 Å². The summed E-state index contributed by atoms with van der Waals surface area (Å²) in [7, 11) is 0. The van der Waals surface area contributed by atoms with Crippen molar-refractivity contribution >= 4 is 34.4 Å². The molecule has 0 radical (unpaired) electrons. The van der Waals surface area contributed by atoms with Crippen LogP contribution in [-0.2, 0) is 9.59 Å². The summed E-state index contributed by atoms with van der Waals surface area (Å²) >= 11 is 5.31. The number of thiocarbonyl (C=S) groups is 1. The number of benzene rings is 1. The van der Waals surface area contributed by atoms with E-state index in [1.54, 1.807) is 13.0 Å². The summed E-state index contributed by atoms with van der Waals surface area (Å²) < 4.78 is 13.9. The van der Waals surface area contributed by atoms with Gasteiger partial charge in [0.15, 0.2) is 5.78 Å². The van der Waals surface area contributed by atoms with Crippen LogP contribution >= 0.6 is 12.2 Å². The lowest BCUT2D eigenvalue weighted by atomic mass is 9.72. The van der Waals surface area contributed by atoms with Gasteiger partial charge in [0, 0.05) is 22.8 Å². The molecule has 3 rings (SSSR count). The van der Waals surface area contributed by atoms with Crippen molar-refractivity contribution in [2.75, 3.05) is 0 Å². The first kappa shape index (κ1) is 14.2. The van der Waals surface area contributed by atoms with Crippen LogP contribution in [0.15, 0.2) is 18.2 Å². The molecular weight excluding hydrogens is 291 g/mol. The van der Waals surface area contributed by atoms with E-state index in [9.17, 15) is 18.8 Å². The van der Waals surface area contributed by atoms with Crippen molar-refractivity contribution in [2.45, 2.75) is 19.8 Å². The van der Waals surface area contributed by atoms with Crippen molar-refractivity contribution in [1.29, 1.82) is 0 Å². The van der Waals surface area contributed by atoms with Crippen molar-refractivity contribution in [2.24, 2.45) is 17.8 Å². The maximum Gasteiger partial charge on any atom is 0.175 e. The Labute approximate surface area is 126 Å². The molecule has 0 aromatic heterocycles. The van der Waals surface area contributed by atoms with E-state index in [2.05, 4.69) is 0 Å². The fourth-order valence-electron chi connectivity index (χ4n) is 3.25. The summed E-state index contributed by atoms with van der Waals surface area (Å²) in [4.78, 5) is 36.7. The van der Waals surface area contributed by atoms with Crippen LogP contribution in [0.4, 0.5) is 4.39 Å². The lowest BCUT2D eigenvalue weighted by Gasteiger charge is -2.28. The molecule has 1 aromatic rings. The number of carbonyl (C=O) groups excluding carboxylic acids is 3. The standard InChI is InChI=1S/C16H13FO3S/c1-7-11(18)6-5-8(14(7)19)13-15(20)12-9(16(13)21)3-2-4-10(12)17/h2-4,7-8,13H,5-6H2,1H3. The predicted octanol–water partition coefficient (Wildman–Crippen LogP) is 2.54. The van der Waals surface area contributed by atoms with Gasteiger partial charge < -0.3 is 0 Å². The number of Topliss-reactive ketones (excluding diaryl/α,β-unsaturated/α-hetero) is 3. The van der Waals surface area contributed by atoms with E-state index in [0.717, 1.165) is 0 Å². The third-order valence-electron chi connectivity index (χ3n) is 4.47. The van der Waals surface area contributed by atoms with Crippen molar-refractivity contribution in [3.8, 4) is 0 Å². The minimum absolute atomic E-state index is 0.00940. The molecule has 1 saturated carbocycles. The first-order chi connectivity index (χ1) is 9.93. The molecule has 21 heavy (non-hydrogen) atoms. The smallest absolute Gasteiger partial charge is 0.175 e. The maximum atomic E-state index is 13.9. The lowest BCUT2D eigenvalue weighted by Crippen LogP contribution is -2.40. The highest BCUT2D eigenvalue weighted by molar-refractivity contribution is 7.81. The molecule has 0 amide bonds. The van der Waals surface area contributed by atoms with E-state index in [4.69, 9.17) is 12.2 Å². The Balaban J connectivity index is 2.01. The minimum Gasteiger partial charge on any atom is -0.299 e. The summed E-state index contributed by atoms with van der Waals surface area (Å²) in [5.74, 6) is -3.48. The molecule has 3 unspecified atom stereocenters. The van der Waals surface area contributed by atoms with Crippen molar-refractivity contribution in [3.63, 3.8) is 0 Å². The molecule has 1 fully saturated rings. The van der Waals surface area contributed by atoms with E-state index in [-0.39, 0.29) is 23.6 Å². The van der Waals surface area contributed by atoms with Gasteiger partial charge in [0.05, 0.1) is 17.4 Å². The summed E-state index contributed by atoms with van der Waals surface area (Å²) in [6.45, 7) is 1.56. The normalized spacial score (nSPS) is 29.0. The van der Waals surface area contributed by atoms with Gasteiger partial charge in [-0.25, -0.2) is 4.39 Å². The van der Waals surface area contributed by atoms with E-state index in [0.29, 0.717) is 16.8 Å². The average molecular weight is 304 g/mol. The minimum atomic E-state index is -0.796. The second kappa shape index (κ2) is 4.91. The molecule has 1 aromatic carbocycles. The Morgan fingerprint density at radius 1 is 1.24 bits per heavy atom. The quantitative estimate of drug-likeness (QED) is 0.591. The molecule has 2 aliphatic carbocycles. The highest BCUT2D eigenvalue weighted by Gasteiger charge is 2.47. The van der Waals surface area contributed by atoms with Crippen LogP contribution in [-0.4, -0.2) is 22.2 Å². The number of fused-ring (bicyclic) bond motifs is 1. The number of ketones is 3. The highest BCUT2D eigenvalue weighted by Crippen LogP contribution is 2.39. The van der Waals surface area contributed by atoms with Gasteiger partial charge in [0.1, 0.15) is 17.4 Å². The SMILES string of the molecule is CC1C(=O)CCC(C2C(=O)c3c(F)cccc3C2=S)C1=O. The summed E-state index contributed by atoms with van der Waals surface area (Å²) in [5.41, 5.74) is 0.405. The molecule has 108 valence electrons. The van der Waals surface area contributed by atoms with Gasteiger partial charge in [-0.2, -0.15) is 0 Å². The van der Waals surface area contributed by atoms with Gasteiger partial charge in [-0.1, -0.05) is 24.4 Å². The first-order valence-electron chi connectivity index (χ1n) is 6.87. The summed E-state index contributed by atoms with van der Waals surface area (Å²) in [5, 5.41) is 0. The first-order valence-corrected chi connectivity index (χ1v) is 7.27. The molecule has 0 N–H and O–H groups in total. The van der Waals surface area contributed by atoms with Gasteiger partial charge in [-0.15, -0.1) is 0 Å². The van der Waals surface area contributed by atoms with Crippen LogP contribution in [0, 0.1) is 23.6 Å². The zero-order chi connectivity index (χ0) is 15.3. The number of hydrogen-bond donors (Lipinski definition) is 0. The number of halogens is 1. The summed E-state index contributed by atoms with van der Waals surface area (Å²) in [6.07, 6.45) is 0.580. The molecule has 0 aliphatic heterocycles. The Hall–Kier alpha value is -1.75. The lowest BCUT2D eigenvalue weighted by molar-refractivity contribution is -0.138. The van der Waals surface area contributed by atoms with Gasteiger partial charge in [0.2, 0.25) is 0 Å². The van der Waals surface area contributed by atoms with Gasteiger partial charge in [-0.05, 0) is 19.4 Å². The number of carbonyl (C=O) groups is 3. The zero-order valence-electron chi connectivity index (χ0n) is 11.4. The van der Waals surface area contributed by atoms with E-state index in [1.807, 2.05) is 0 Å². The van der Waals surface area contributed by atoms with Gasteiger partial charge in [-0.3, -0.25) is 14.4 Å². The fraction of sp³-hybridized carbons (Fsp3) is 0.375. The molecular formula is C16H13FO3S. The van der Waals surface area contributed by atoms with Gasteiger partial charge >= 0.3 is 0 Å². The molecule has 0 spiro atoms. The Bertz CT molecular complexity index is 695. The molecule has 0 saturated heterocycles. The Morgan fingerprint density at radius 3 is 2.62 bits per heavy atom. The number of rotatable bonds is 1. The fourth-order valence-corrected chi connectivity index (χ4v) is 3.70. The van der Waals surface area contributed by atoms with Crippen LogP contribution in [0.25, 0.3) is 0 Å². The van der Waals surface area contributed by atoms with Crippen LogP contribution in [0.2, 0.25) is 0 Å². The average Bonchev–Trinajstić information content (AvgIpc) is 2.71. The molecule has 0 heterocycles. The van der Waals surface area contributed by atoms with Crippen LogP contribution < -0.4 is 0 Å². The number of hydrogen-bond acceptors (Lipinski definition) is 4. The van der Waals surface area contributed by atoms with E-state index >= 15 is 0 Å². The maximum absolute atomic E-state index is 13.9. The van der Waals surface area contributed by atoms with Crippen molar-refractivity contribution in [1.82, 2.24) is 0 Å². The van der Waals surface area contributed by atoms with Gasteiger partial charge in [0.25, 0.3) is 0 Å². The topological polar surface area (TPSA) is 51.2 Å². The van der Waals surface area contributed by atoms with Crippen molar-refractivity contribution < 1.29 is 18.8 Å². The molecule has 0 bridgehead atoms. The molecule has 5 heteroatoms. The Morgan fingerprint density at radius 2 is 1.95 bits per heavy atom. The van der Waals surface area contributed by atoms with Crippen LogP contribution in [0.5, 0.6) is 0 Å². The third-order valence-corrected chi connectivity index (χ3v) is 4.94. The van der Waals surface area contributed by atoms with Crippen LogP contribution in [0.3, 0.4) is 0 Å². The monoisotopic (exact) mass is 304 g/mol. The second-order valence-corrected chi connectivity index (χ2v) is 6.04. The molecule has 2 aliphatic rings. The van der Waals surface area contributed by atoms with Crippen LogP contribution in [0.1, 0.15) is 35.7 Å². The highest BCUT2D eigenvalue weighted by atomic mass is 32.1. The largest absolute Gasteiger partial charge is 0.299 e. The second-order valence-electron chi connectivity index (χ2n) is 5.60. The molecule has 3 atom stereocenters. The third kappa shape index (κ3) is 1.99. The van der Waals surface area contributed by atoms with E-state index < -0.39 is 29.4 Å².